The lowest BCUT2D eigenvalue weighted by molar-refractivity contribution is -0.123. The summed E-state index contributed by atoms with van der Waals surface area (Å²) in [6.45, 7) is 1.24. The van der Waals surface area contributed by atoms with Crippen LogP contribution in [0.4, 0.5) is 0 Å². The van der Waals surface area contributed by atoms with Crippen LogP contribution in [0, 0.1) is 0 Å². The van der Waals surface area contributed by atoms with E-state index in [9.17, 15) is 9.59 Å². The molecule has 0 saturated carbocycles. The number of carboxylic acids is 1. The molecule has 1 atom stereocenters. The second-order valence-corrected chi connectivity index (χ2v) is 5.08. The number of carbonyl (C=O) groups excluding carboxylic acids is 1. The van der Waals surface area contributed by atoms with E-state index in [-0.39, 0.29) is 17.5 Å². The molecule has 0 spiro atoms. The van der Waals surface area contributed by atoms with Crippen LogP contribution >= 0.6 is 0 Å². The van der Waals surface area contributed by atoms with E-state index in [1.807, 2.05) is 6.07 Å². The predicted octanol–water partition coefficient (Wildman–Crippen LogP) is 1.53. The molecule has 0 aliphatic carbocycles. The van der Waals surface area contributed by atoms with Crippen molar-refractivity contribution in [3.05, 3.63) is 35.4 Å². The lowest BCUT2D eigenvalue weighted by Gasteiger charge is -2.15. The van der Waals surface area contributed by atoms with E-state index < -0.39 is 5.97 Å². The van der Waals surface area contributed by atoms with Gasteiger partial charge in [0.25, 0.3) is 0 Å². The summed E-state index contributed by atoms with van der Waals surface area (Å²) in [5.41, 5.74) is 1.04. The molecule has 1 fully saturated rings. The van der Waals surface area contributed by atoms with E-state index in [2.05, 4.69) is 10.6 Å². The van der Waals surface area contributed by atoms with Crippen LogP contribution < -0.4 is 10.6 Å². The zero-order chi connectivity index (χ0) is 14.4. The smallest absolute Gasteiger partial charge is 0.335 e. The molecule has 1 aliphatic heterocycles. The van der Waals surface area contributed by atoms with Gasteiger partial charge in [0, 0.05) is 6.54 Å². The Kier molecular flexibility index (Phi) is 5.12. The number of hydrogen-bond acceptors (Lipinski definition) is 3. The molecule has 1 aromatic rings. The molecular weight excluding hydrogens is 256 g/mol. The van der Waals surface area contributed by atoms with Crippen molar-refractivity contribution in [1.29, 1.82) is 0 Å². The van der Waals surface area contributed by atoms with Crippen molar-refractivity contribution in [3.63, 3.8) is 0 Å². The topological polar surface area (TPSA) is 78.4 Å². The van der Waals surface area contributed by atoms with Gasteiger partial charge >= 0.3 is 5.97 Å². The van der Waals surface area contributed by atoms with Gasteiger partial charge in [-0.05, 0) is 37.1 Å². The van der Waals surface area contributed by atoms with Gasteiger partial charge in [-0.2, -0.15) is 0 Å². The third kappa shape index (κ3) is 4.06. The minimum atomic E-state index is -0.955. The average Bonchev–Trinajstić information content (AvgIpc) is 2.74. The molecule has 1 heterocycles. The maximum absolute atomic E-state index is 12.1. The number of benzene rings is 1. The number of amides is 1. The molecule has 0 aromatic heterocycles. The van der Waals surface area contributed by atoms with Gasteiger partial charge in [0.2, 0.25) is 5.91 Å². The summed E-state index contributed by atoms with van der Waals surface area (Å²) in [7, 11) is 0. The molecule has 0 bridgehead atoms. The molecular formula is C15H20N2O3. The van der Waals surface area contributed by atoms with Crippen LogP contribution in [0.5, 0.6) is 0 Å². The van der Waals surface area contributed by atoms with E-state index in [0.717, 1.165) is 37.8 Å². The average molecular weight is 276 g/mol. The van der Waals surface area contributed by atoms with E-state index in [4.69, 9.17) is 5.11 Å². The highest BCUT2D eigenvalue weighted by Gasteiger charge is 2.18. The fourth-order valence-electron chi connectivity index (χ4n) is 2.38. The molecule has 2 rings (SSSR count). The molecule has 1 aromatic carbocycles. The van der Waals surface area contributed by atoms with Crippen LogP contribution in [-0.2, 0) is 11.3 Å². The van der Waals surface area contributed by atoms with Gasteiger partial charge in [-0.15, -0.1) is 0 Å². The van der Waals surface area contributed by atoms with E-state index in [1.54, 1.807) is 18.2 Å². The van der Waals surface area contributed by atoms with E-state index in [0.29, 0.717) is 6.54 Å². The van der Waals surface area contributed by atoms with Gasteiger partial charge in [-0.1, -0.05) is 25.0 Å². The molecule has 1 aliphatic rings. The maximum Gasteiger partial charge on any atom is 0.335 e. The fraction of sp³-hybridized carbons (Fsp3) is 0.467. The highest BCUT2D eigenvalue weighted by atomic mass is 16.4. The van der Waals surface area contributed by atoms with Gasteiger partial charge in [0.15, 0.2) is 0 Å². The number of nitrogens with one attached hydrogen (secondary N) is 2. The Labute approximate surface area is 118 Å². The quantitative estimate of drug-likeness (QED) is 0.779. The second-order valence-electron chi connectivity index (χ2n) is 5.08. The normalized spacial score (nSPS) is 19.1. The molecule has 3 N–H and O–H groups in total. The molecule has 0 radical (unpaired) electrons. The van der Waals surface area contributed by atoms with Crippen LogP contribution in [0.2, 0.25) is 0 Å². The molecule has 1 amide bonds. The minimum absolute atomic E-state index is 0.00683. The zero-order valence-electron chi connectivity index (χ0n) is 11.4. The van der Waals surface area contributed by atoms with E-state index >= 15 is 0 Å². The molecule has 5 nitrogen and oxygen atoms in total. The summed E-state index contributed by atoms with van der Waals surface area (Å²) in [4.78, 5) is 22.9. The van der Waals surface area contributed by atoms with Crippen LogP contribution in [0.1, 0.15) is 41.6 Å². The Bertz CT molecular complexity index is 480. The third-order valence-corrected chi connectivity index (χ3v) is 3.52. The first-order chi connectivity index (χ1) is 9.66. The van der Waals surface area contributed by atoms with Gasteiger partial charge in [-0.3, -0.25) is 4.79 Å². The van der Waals surface area contributed by atoms with E-state index in [1.165, 1.54) is 0 Å². The number of aromatic carboxylic acids is 1. The maximum atomic E-state index is 12.1. The zero-order valence-corrected chi connectivity index (χ0v) is 11.4. The Balaban J connectivity index is 1.89. The summed E-state index contributed by atoms with van der Waals surface area (Å²) in [6, 6.07) is 6.51. The summed E-state index contributed by atoms with van der Waals surface area (Å²) in [5, 5.41) is 15.0. The first-order valence-corrected chi connectivity index (χ1v) is 7.00. The van der Waals surface area contributed by atoms with Crippen LogP contribution in [0.25, 0.3) is 0 Å². The minimum Gasteiger partial charge on any atom is -0.478 e. The van der Waals surface area contributed by atoms with Gasteiger partial charge in [0.05, 0.1) is 11.6 Å². The summed E-state index contributed by atoms with van der Waals surface area (Å²) in [5.74, 6) is -0.962. The summed E-state index contributed by atoms with van der Waals surface area (Å²) < 4.78 is 0. The standard InChI is InChI=1S/C15H20N2O3/c18-14(13-7-2-1-3-8-16-13)17-10-11-5-4-6-12(9-11)15(19)20/h4-6,9,13,16H,1-3,7-8,10H2,(H,17,18)(H,19,20). The molecule has 1 unspecified atom stereocenters. The Hall–Kier alpha value is -1.88. The Morgan fingerprint density at radius 3 is 2.95 bits per heavy atom. The van der Waals surface area contributed by atoms with Crippen molar-refractivity contribution >= 4 is 11.9 Å². The monoisotopic (exact) mass is 276 g/mol. The summed E-state index contributed by atoms with van der Waals surface area (Å²) in [6.07, 6.45) is 4.21. The molecule has 5 heteroatoms. The van der Waals surface area contributed by atoms with Gasteiger partial charge < -0.3 is 15.7 Å². The second kappa shape index (κ2) is 7.05. The van der Waals surface area contributed by atoms with Crippen molar-refractivity contribution in [2.45, 2.75) is 38.3 Å². The van der Waals surface area contributed by atoms with Crippen molar-refractivity contribution in [2.75, 3.05) is 6.54 Å². The molecule has 1 saturated heterocycles. The van der Waals surface area contributed by atoms with Crippen LogP contribution in [0.15, 0.2) is 24.3 Å². The fourth-order valence-corrected chi connectivity index (χ4v) is 2.38. The first-order valence-electron chi connectivity index (χ1n) is 7.00. The van der Waals surface area contributed by atoms with Crippen LogP contribution in [0.3, 0.4) is 0 Å². The largest absolute Gasteiger partial charge is 0.478 e. The predicted molar refractivity (Wildman–Crippen MR) is 75.5 cm³/mol. The third-order valence-electron chi connectivity index (χ3n) is 3.52. The lowest BCUT2D eigenvalue weighted by Crippen LogP contribution is -2.43. The SMILES string of the molecule is O=C(O)c1cccc(CNC(=O)C2CCCCCN2)c1. The number of carboxylic acid groups (broad SMARTS) is 1. The van der Waals surface area contributed by atoms with Crippen molar-refractivity contribution in [2.24, 2.45) is 0 Å². The number of carbonyl (C=O) groups is 2. The first kappa shape index (κ1) is 14.5. The van der Waals surface area contributed by atoms with Crippen molar-refractivity contribution in [1.82, 2.24) is 10.6 Å². The van der Waals surface area contributed by atoms with Gasteiger partial charge in [-0.25, -0.2) is 4.79 Å². The lowest BCUT2D eigenvalue weighted by atomic mass is 10.1. The highest BCUT2D eigenvalue weighted by molar-refractivity contribution is 5.87. The van der Waals surface area contributed by atoms with Gasteiger partial charge in [0.1, 0.15) is 0 Å². The molecule has 20 heavy (non-hydrogen) atoms. The van der Waals surface area contributed by atoms with Crippen LogP contribution in [-0.4, -0.2) is 29.6 Å². The summed E-state index contributed by atoms with van der Waals surface area (Å²) >= 11 is 0. The number of hydrogen-bond donors (Lipinski definition) is 3. The highest BCUT2D eigenvalue weighted by Crippen LogP contribution is 2.09. The molecule has 108 valence electrons. The number of rotatable bonds is 4. The van der Waals surface area contributed by atoms with Crippen molar-refractivity contribution < 1.29 is 14.7 Å². The Morgan fingerprint density at radius 1 is 1.30 bits per heavy atom. The Morgan fingerprint density at radius 2 is 2.15 bits per heavy atom. The van der Waals surface area contributed by atoms with Crippen molar-refractivity contribution in [3.8, 4) is 0 Å².